The Labute approximate surface area is 176 Å². The monoisotopic (exact) mass is 413 g/mol. The number of rotatable bonds is 7. The third-order valence-corrected chi connectivity index (χ3v) is 5.31. The van der Waals surface area contributed by atoms with Gasteiger partial charge in [-0.05, 0) is 43.2 Å². The normalized spacial score (nSPS) is 14.1. The molecular formula is C22H28FN5O2. The summed E-state index contributed by atoms with van der Waals surface area (Å²) in [4.78, 5) is 29.8. The summed E-state index contributed by atoms with van der Waals surface area (Å²) in [7, 11) is 1.92. The van der Waals surface area contributed by atoms with E-state index in [0.717, 1.165) is 12.8 Å². The number of hydrogen-bond donors (Lipinski definition) is 3. The van der Waals surface area contributed by atoms with Crippen LogP contribution in [0.15, 0.2) is 42.7 Å². The zero-order valence-electron chi connectivity index (χ0n) is 17.2. The molecule has 0 spiro atoms. The number of nitrogens with one attached hydrogen (secondary N) is 3. The van der Waals surface area contributed by atoms with Crippen molar-refractivity contribution in [1.29, 1.82) is 0 Å². The van der Waals surface area contributed by atoms with Crippen molar-refractivity contribution in [3.63, 3.8) is 0 Å². The molecule has 0 radical (unpaired) electrons. The van der Waals surface area contributed by atoms with E-state index in [1.807, 2.05) is 11.9 Å². The largest absolute Gasteiger partial charge is 0.369 e. The molecule has 30 heavy (non-hydrogen) atoms. The van der Waals surface area contributed by atoms with Crippen LogP contribution in [0.25, 0.3) is 0 Å². The smallest absolute Gasteiger partial charge is 0.319 e. The molecule has 3 rings (SSSR count). The van der Waals surface area contributed by atoms with Crippen molar-refractivity contribution in [2.45, 2.75) is 44.6 Å². The molecule has 3 amide bonds. The summed E-state index contributed by atoms with van der Waals surface area (Å²) in [5.74, 6) is -0.583. The lowest BCUT2D eigenvalue weighted by molar-refractivity contribution is -0.116. The lowest BCUT2D eigenvalue weighted by Crippen LogP contribution is -2.34. The van der Waals surface area contributed by atoms with E-state index in [9.17, 15) is 14.0 Å². The fraction of sp³-hybridized carbons (Fsp3) is 0.409. The first-order chi connectivity index (χ1) is 14.5. The van der Waals surface area contributed by atoms with Crippen LogP contribution >= 0.6 is 0 Å². The van der Waals surface area contributed by atoms with Gasteiger partial charge in [0.05, 0.1) is 5.69 Å². The Balaban J connectivity index is 1.44. The number of halogens is 1. The number of anilines is 3. The van der Waals surface area contributed by atoms with Crippen LogP contribution in [-0.4, -0.2) is 36.6 Å². The van der Waals surface area contributed by atoms with Crippen LogP contribution in [0.1, 0.15) is 38.5 Å². The standard InChI is InChI=1S/C22H28FN5O2/c1-28(18-5-3-2-4-6-18)20-8-7-17(15-19(20)23)27-22(30)25-14-11-21(29)26-16-9-12-24-13-10-16/h7-10,12-13,15,18H,2-6,11,14H2,1H3,(H,24,26,29)(H2,25,27,30). The highest BCUT2D eigenvalue weighted by atomic mass is 19.1. The van der Waals surface area contributed by atoms with Gasteiger partial charge < -0.3 is 20.9 Å². The first kappa shape index (κ1) is 21.5. The second kappa shape index (κ2) is 10.6. The van der Waals surface area contributed by atoms with Crippen molar-refractivity contribution in [2.24, 2.45) is 0 Å². The molecule has 1 fully saturated rings. The van der Waals surface area contributed by atoms with Crippen LogP contribution < -0.4 is 20.9 Å². The molecule has 0 bridgehead atoms. The Morgan fingerprint density at radius 3 is 2.50 bits per heavy atom. The second-order valence-electron chi connectivity index (χ2n) is 7.48. The van der Waals surface area contributed by atoms with Crippen LogP contribution in [0.5, 0.6) is 0 Å². The van der Waals surface area contributed by atoms with Gasteiger partial charge in [-0.1, -0.05) is 19.3 Å². The van der Waals surface area contributed by atoms with Gasteiger partial charge in [-0.15, -0.1) is 0 Å². The van der Waals surface area contributed by atoms with Crippen molar-refractivity contribution in [2.75, 3.05) is 29.1 Å². The van der Waals surface area contributed by atoms with E-state index in [4.69, 9.17) is 0 Å². The van der Waals surface area contributed by atoms with Gasteiger partial charge in [0.15, 0.2) is 0 Å². The average molecular weight is 413 g/mol. The molecule has 1 aliphatic rings. The van der Waals surface area contributed by atoms with Crippen molar-refractivity contribution in [1.82, 2.24) is 10.3 Å². The van der Waals surface area contributed by atoms with Gasteiger partial charge in [0, 0.05) is 49.8 Å². The summed E-state index contributed by atoms with van der Waals surface area (Å²) in [6.45, 7) is 0.160. The maximum Gasteiger partial charge on any atom is 0.319 e. The molecule has 3 N–H and O–H groups in total. The number of carbonyl (C=O) groups is 2. The number of carbonyl (C=O) groups excluding carboxylic acids is 2. The number of amides is 3. The highest BCUT2D eigenvalue weighted by Gasteiger charge is 2.20. The minimum absolute atomic E-state index is 0.120. The topological polar surface area (TPSA) is 86.4 Å². The molecule has 160 valence electrons. The van der Waals surface area contributed by atoms with Gasteiger partial charge >= 0.3 is 6.03 Å². The SMILES string of the molecule is CN(c1ccc(NC(=O)NCCC(=O)Nc2ccncc2)cc1F)C1CCCCC1. The summed E-state index contributed by atoms with van der Waals surface area (Å²) in [5, 5.41) is 7.92. The first-order valence-electron chi connectivity index (χ1n) is 10.3. The molecule has 1 heterocycles. The van der Waals surface area contributed by atoms with E-state index < -0.39 is 6.03 Å². The van der Waals surface area contributed by atoms with Gasteiger partial charge in [0.2, 0.25) is 5.91 Å². The molecular weight excluding hydrogens is 385 g/mol. The van der Waals surface area contributed by atoms with Gasteiger partial charge in [0.25, 0.3) is 0 Å². The highest BCUT2D eigenvalue weighted by Crippen LogP contribution is 2.29. The molecule has 7 nitrogen and oxygen atoms in total. The zero-order chi connectivity index (χ0) is 21.3. The Morgan fingerprint density at radius 1 is 1.07 bits per heavy atom. The van der Waals surface area contributed by atoms with Crippen molar-refractivity contribution >= 4 is 29.0 Å². The van der Waals surface area contributed by atoms with Gasteiger partial charge in [-0.2, -0.15) is 0 Å². The Bertz CT molecular complexity index is 856. The first-order valence-corrected chi connectivity index (χ1v) is 10.3. The van der Waals surface area contributed by atoms with Crippen molar-refractivity contribution in [3.8, 4) is 0 Å². The van der Waals surface area contributed by atoms with E-state index in [2.05, 4.69) is 20.9 Å². The van der Waals surface area contributed by atoms with Gasteiger partial charge in [-0.3, -0.25) is 9.78 Å². The Hall–Kier alpha value is -3.16. The highest BCUT2D eigenvalue weighted by molar-refractivity contribution is 5.92. The fourth-order valence-electron chi connectivity index (χ4n) is 3.66. The summed E-state index contributed by atoms with van der Waals surface area (Å²) in [5.41, 5.74) is 1.56. The Morgan fingerprint density at radius 2 is 1.80 bits per heavy atom. The van der Waals surface area contributed by atoms with E-state index in [1.54, 1.807) is 36.7 Å². The van der Waals surface area contributed by atoms with Crippen LogP contribution in [0.2, 0.25) is 0 Å². The predicted octanol–water partition coefficient (Wildman–Crippen LogP) is 4.14. The summed E-state index contributed by atoms with van der Waals surface area (Å²) in [6, 6.07) is 7.94. The van der Waals surface area contributed by atoms with E-state index in [1.165, 1.54) is 25.3 Å². The lowest BCUT2D eigenvalue weighted by atomic mass is 9.94. The number of benzene rings is 1. The third kappa shape index (κ3) is 6.17. The predicted molar refractivity (Wildman–Crippen MR) is 116 cm³/mol. The van der Waals surface area contributed by atoms with Gasteiger partial charge in [0.1, 0.15) is 5.82 Å². The third-order valence-electron chi connectivity index (χ3n) is 5.31. The fourth-order valence-corrected chi connectivity index (χ4v) is 3.66. The quantitative estimate of drug-likeness (QED) is 0.637. The molecule has 0 aliphatic heterocycles. The average Bonchev–Trinajstić information content (AvgIpc) is 2.75. The molecule has 0 saturated heterocycles. The summed E-state index contributed by atoms with van der Waals surface area (Å²) >= 11 is 0. The number of urea groups is 1. The minimum atomic E-state index is -0.487. The maximum absolute atomic E-state index is 14.6. The lowest BCUT2D eigenvalue weighted by Gasteiger charge is -2.33. The van der Waals surface area contributed by atoms with Crippen molar-refractivity contribution < 1.29 is 14.0 Å². The second-order valence-corrected chi connectivity index (χ2v) is 7.48. The van der Waals surface area contributed by atoms with Crippen LogP contribution in [0.3, 0.4) is 0 Å². The van der Waals surface area contributed by atoms with Crippen LogP contribution in [-0.2, 0) is 4.79 Å². The summed E-state index contributed by atoms with van der Waals surface area (Å²) in [6.07, 6.45) is 9.04. The molecule has 1 saturated carbocycles. The number of aromatic nitrogens is 1. The van der Waals surface area contributed by atoms with Crippen LogP contribution in [0, 0.1) is 5.82 Å². The van der Waals surface area contributed by atoms with Gasteiger partial charge in [-0.25, -0.2) is 9.18 Å². The molecule has 2 aromatic rings. The van der Waals surface area contributed by atoms with E-state index >= 15 is 0 Å². The molecule has 1 aromatic heterocycles. The molecule has 0 atom stereocenters. The minimum Gasteiger partial charge on any atom is -0.369 e. The van der Waals surface area contributed by atoms with E-state index in [-0.39, 0.29) is 24.7 Å². The molecule has 8 heteroatoms. The molecule has 1 aromatic carbocycles. The van der Waals surface area contributed by atoms with Crippen LogP contribution in [0.4, 0.5) is 26.2 Å². The number of nitrogens with zero attached hydrogens (tertiary/aromatic N) is 2. The Kier molecular flexibility index (Phi) is 7.59. The maximum atomic E-state index is 14.6. The summed E-state index contributed by atoms with van der Waals surface area (Å²) < 4.78 is 14.6. The molecule has 1 aliphatic carbocycles. The number of pyridine rings is 1. The van der Waals surface area contributed by atoms with E-state index in [0.29, 0.717) is 23.1 Å². The number of hydrogen-bond acceptors (Lipinski definition) is 4. The molecule has 0 unspecified atom stereocenters. The zero-order valence-corrected chi connectivity index (χ0v) is 17.2. The van der Waals surface area contributed by atoms with Crippen molar-refractivity contribution in [3.05, 3.63) is 48.5 Å².